The number of ether oxygens (including phenoxy) is 3. The van der Waals surface area contributed by atoms with E-state index in [1.807, 2.05) is 36.4 Å². The van der Waals surface area contributed by atoms with E-state index < -0.39 is 0 Å². The Morgan fingerprint density at radius 2 is 1.69 bits per heavy atom. The van der Waals surface area contributed by atoms with Crippen molar-refractivity contribution in [3.05, 3.63) is 112 Å². The molecule has 4 aromatic rings. The van der Waals surface area contributed by atoms with Gasteiger partial charge in [-0.1, -0.05) is 55.1 Å². The lowest BCUT2D eigenvalue weighted by atomic mass is 10.1. The highest BCUT2D eigenvalue weighted by Gasteiger charge is 2.17. The van der Waals surface area contributed by atoms with Gasteiger partial charge in [0, 0.05) is 25.0 Å². The van der Waals surface area contributed by atoms with Crippen molar-refractivity contribution in [3.63, 3.8) is 0 Å². The van der Waals surface area contributed by atoms with E-state index in [2.05, 4.69) is 58.6 Å². The Labute approximate surface area is 215 Å². The van der Waals surface area contributed by atoms with E-state index >= 15 is 0 Å². The summed E-state index contributed by atoms with van der Waals surface area (Å²) in [4.78, 5) is 7.26. The third-order valence-corrected chi connectivity index (χ3v) is 6.81. The number of fused-ring (bicyclic) bond motifs is 1. The van der Waals surface area contributed by atoms with Gasteiger partial charge in [0.1, 0.15) is 10.8 Å². The predicted molar refractivity (Wildman–Crippen MR) is 143 cm³/mol. The van der Waals surface area contributed by atoms with Crippen LogP contribution in [0.2, 0.25) is 0 Å². The van der Waals surface area contributed by atoms with Crippen molar-refractivity contribution < 1.29 is 14.2 Å². The highest BCUT2D eigenvalue weighted by atomic mass is 32.1. The van der Waals surface area contributed by atoms with Gasteiger partial charge in [0.15, 0.2) is 11.5 Å². The molecular formula is C29H29N3O3S. The van der Waals surface area contributed by atoms with Crippen LogP contribution in [0.15, 0.2) is 84.8 Å². The number of hydrogen-bond acceptors (Lipinski definition) is 7. The Bertz CT molecular complexity index is 1310. The van der Waals surface area contributed by atoms with Crippen LogP contribution < -0.4 is 19.5 Å². The molecular weight excluding hydrogens is 470 g/mol. The van der Waals surface area contributed by atoms with E-state index in [4.69, 9.17) is 19.2 Å². The van der Waals surface area contributed by atoms with E-state index in [1.165, 1.54) is 16.7 Å². The zero-order chi connectivity index (χ0) is 24.7. The molecule has 0 spiro atoms. The molecule has 1 aliphatic rings. The quantitative estimate of drug-likeness (QED) is 0.280. The van der Waals surface area contributed by atoms with Gasteiger partial charge in [-0.15, -0.1) is 11.3 Å². The van der Waals surface area contributed by atoms with Crippen LogP contribution in [0, 0.1) is 0 Å². The largest absolute Gasteiger partial charge is 0.497 e. The van der Waals surface area contributed by atoms with Crippen LogP contribution in [0.1, 0.15) is 27.4 Å². The van der Waals surface area contributed by atoms with Crippen LogP contribution in [-0.4, -0.2) is 23.8 Å². The van der Waals surface area contributed by atoms with E-state index in [1.54, 1.807) is 18.4 Å². The lowest BCUT2D eigenvalue weighted by Gasteiger charge is -2.22. The van der Waals surface area contributed by atoms with E-state index in [9.17, 15) is 0 Å². The molecule has 1 aromatic heterocycles. The van der Waals surface area contributed by atoms with Gasteiger partial charge in [0.2, 0.25) is 6.79 Å². The van der Waals surface area contributed by atoms with Crippen LogP contribution in [0.5, 0.6) is 17.2 Å². The zero-order valence-electron chi connectivity index (χ0n) is 20.3. The Balaban J connectivity index is 1.28. The second-order valence-electron chi connectivity index (χ2n) is 8.63. The molecule has 184 valence electrons. The van der Waals surface area contributed by atoms with Gasteiger partial charge in [-0.25, -0.2) is 4.98 Å². The Morgan fingerprint density at radius 1 is 0.944 bits per heavy atom. The third-order valence-electron chi connectivity index (χ3n) is 5.98. The fourth-order valence-corrected chi connectivity index (χ4v) is 4.91. The van der Waals surface area contributed by atoms with Gasteiger partial charge < -0.3 is 19.5 Å². The molecule has 0 radical (unpaired) electrons. The predicted octanol–water partition coefficient (Wildman–Crippen LogP) is 5.84. The van der Waals surface area contributed by atoms with Gasteiger partial charge in [-0.05, 0) is 41.0 Å². The standard InChI is InChI=1S/C29H29N3O3S/c1-21(30-15-22-6-4-3-5-7-22)26-19-36-29(31-26)18-32(16-23-8-11-25(33-2)12-9-23)17-24-10-13-27-28(14-24)35-20-34-27/h3-14,19,30H,1,15-18,20H2,2H3. The smallest absolute Gasteiger partial charge is 0.231 e. The van der Waals surface area contributed by atoms with Gasteiger partial charge in [0.25, 0.3) is 0 Å². The minimum Gasteiger partial charge on any atom is -0.497 e. The van der Waals surface area contributed by atoms with Crippen molar-refractivity contribution in [1.82, 2.24) is 15.2 Å². The van der Waals surface area contributed by atoms with Crippen molar-refractivity contribution in [1.29, 1.82) is 0 Å². The van der Waals surface area contributed by atoms with Gasteiger partial charge in [0.05, 0.1) is 25.0 Å². The molecule has 6 nitrogen and oxygen atoms in total. The minimum absolute atomic E-state index is 0.276. The first-order valence-electron chi connectivity index (χ1n) is 11.8. The molecule has 0 fully saturated rings. The molecule has 5 rings (SSSR count). The number of nitrogens with zero attached hydrogens (tertiary/aromatic N) is 2. The molecule has 0 aliphatic carbocycles. The number of thiazole rings is 1. The lowest BCUT2D eigenvalue weighted by molar-refractivity contribution is 0.174. The van der Waals surface area contributed by atoms with E-state index in [-0.39, 0.29) is 6.79 Å². The van der Waals surface area contributed by atoms with Crippen molar-refractivity contribution in [2.45, 2.75) is 26.2 Å². The molecule has 0 unspecified atom stereocenters. The van der Waals surface area contributed by atoms with Gasteiger partial charge in [-0.3, -0.25) is 4.90 Å². The molecule has 1 aliphatic heterocycles. The van der Waals surface area contributed by atoms with Crippen molar-refractivity contribution >= 4 is 17.0 Å². The maximum Gasteiger partial charge on any atom is 0.231 e. The van der Waals surface area contributed by atoms with Gasteiger partial charge in [-0.2, -0.15) is 0 Å². The number of hydrogen-bond donors (Lipinski definition) is 1. The van der Waals surface area contributed by atoms with Crippen LogP contribution in [0.3, 0.4) is 0 Å². The SMILES string of the molecule is C=C(NCc1ccccc1)c1csc(CN(Cc2ccc(OC)cc2)Cc2ccc3c(c2)OCO3)n1. The normalized spacial score (nSPS) is 12.1. The highest BCUT2D eigenvalue weighted by molar-refractivity contribution is 7.09. The Kier molecular flexibility index (Phi) is 7.50. The number of methoxy groups -OCH3 is 1. The van der Waals surface area contributed by atoms with Crippen LogP contribution in [0.4, 0.5) is 0 Å². The maximum atomic E-state index is 5.59. The molecule has 0 saturated heterocycles. The fourth-order valence-electron chi connectivity index (χ4n) is 4.06. The summed E-state index contributed by atoms with van der Waals surface area (Å²) in [5, 5.41) is 6.51. The topological polar surface area (TPSA) is 55.9 Å². The van der Waals surface area contributed by atoms with Crippen molar-refractivity contribution in [2.24, 2.45) is 0 Å². The summed E-state index contributed by atoms with van der Waals surface area (Å²) in [6, 6.07) is 24.6. The van der Waals surface area contributed by atoms with Crippen LogP contribution >= 0.6 is 11.3 Å². The van der Waals surface area contributed by atoms with E-state index in [0.29, 0.717) is 0 Å². The molecule has 0 atom stereocenters. The second-order valence-corrected chi connectivity index (χ2v) is 9.57. The average Bonchev–Trinajstić information content (AvgIpc) is 3.58. The number of rotatable bonds is 11. The first-order chi connectivity index (χ1) is 17.7. The van der Waals surface area contributed by atoms with Crippen molar-refractivity contribution in [3.8, 4) is 17.2 Å². The van der Waals surface area contributed by atoms with Gasteiger partial charge >= 0.3 is 0 Å². The summed E-state index contributed by atoms with van der Waals surface area (Å²) < 4.78 is 16.4. The third kappa shape index (κ3) is 6.05. The number of benzene rings is 3. The molecule has 3 aromatic carbocycles. The molecule has 0 bridgehead atoms. The maximum absolute atomic E-state index is 5.59. The molecule has 1 N–H and O–H groups in total. The van der Waals surface area contributed by atoms with Crippen molar-refractivity contribution in [2.75, 3.05) is 13.9 Å². The average molecular weight is 500 g/mol. The Hall–Kier alpha value is -3.81. The summed E-state index contributed by atoms with van der Waals surface area (Å²) >= 11 is 1.66. The second kappa shape index (κ2) is 11.3. The monoisotopic (exact) mass is 499 g/mol. The number of nitrogens with one attached hydrogen (secondary N) is 1. The fraction of sp³-hybridized carbons (Fsp3) is 0.207. The first-order valence-corrected chi connectivity index (χ1v) is 12.7. The summed E-state index contributed by atoms with van der Waals surface area (Å²) in [6.07, 6.45) is 0. The summed E-state index contributed by atoms with van der Waals surface area (Å²) in [5.41, 5.74) is 5.31. The highest BCUT2D eigenvalue weighted by Crippen LogP contribution is 2.33. The summed E-state index contributed by atoms with van der Waals surface area (Å²) in [5.74, 6) is 2.45. The molecule has 2 heterocycles. The molecule has 36 heavy (non-hydrogen) atoms. The lowest BCUT2D eigenvalue weighted by Crippen LogP contribution is -2.22. The molecule has 0 saturated carbocycles. The number of aromatic nitrogens is 1. The Morgan fingerprint density at radius 3 is 2.50 bits per heavy atom. The minimum atomic E-state index is 0.276. The van der Waals surface area contributed by atoms with Crippen LogP contribution in [0.25, 0.3) is 5.70 Å². The summed E-state index contributed by atoms with van der Waals surface area (Å²) in [6.45, 7) is 7.45. The zero-order valence-corrected chi connectivity index (χ0v) is 21.1. The van der Waals surface area contributed by atoms with E-state index in [0.717, 1.165) is 59.8 Å². The molecule has 0 amide bonds. The van der Waals surface area contributed by atoms with Crippen LogP contribution in [-0.2, 0) is 26.2 Å². The summed E-state index contributed by atoms with van der Waals surface area (Å²) in [7, 11) is 1.68. The first kappa shape index (κ1) is 23.9. The molecule has 7 heteroatoms.